The molecule has 1 aromatic carbocycles. The molecule has 0 radical (unpaired) electrons. The molecule has 0 spiro atoms. The summed E-state index contributed by atoms with van der Waals surface area (Å²) in [6.07, 6.45) is 0. The minimum Gasteiger partial charge on any atom is -0.463 e. The summed E-state index contributed by atoms with van der Waals surface area (Å²) in [6.45, 7) is 3.60. The van der Waals surface area contributed by atoms with E-state index in [0.717, 1.165) is 0 Å². The molecule has 0 aliphatic carbocycles. The van der Waals surface area contributed by atoms with Crippen molar-refractivity contribution < 1.29 is 14.5 Å². The molecule has 0 amide bonds. The Hall–Kier alpha value is -3.27. The van der Waals surface area contributed by atoms with Crippen LogP contribution in [0.2, 0.25) is 0 Å². The van der Waals surface area contributed by atoms with Gasteiger partial charge in [0.05, 0.1) is 23.0 Å². The molecule has 1 aromatic heterocycles. The van der Waals surface area contributed by atoms with Crippen molar-refractivity contribution in [2.24, 2.45) is 0 Å². The lowest BCUT2D eigenvalue weighted by Crippen LogP contribution is -2.26. The first-order valence-electron chi connectivity index (χ1n) is 8.12. The highest BCUT2D eigenvalue weighted by Crippen LogP contribution is 2.44. The molecule has 2 heterocycles. The Morgan fingerprint density at radius 2 is 2.22 bits per heavy atom. The summed E-state index contributed by atoms with van der Waals surface area (Å²) in [7, 11) is 0. The van der Waals surface area contributed by atoms with Crippen molar-refractivity contribution in [3.05, 3.63) is 61.5 Å². The third-order valence-electron chi connectivity index (χ3n) is 4.20. The van der Waals surface area contributed by atoms with Gasteiger partial charge in [-0.3, -0.25) is 10.1 Å². The summed E-state index contributed by atoms with van der Waals surface area (Å²) < 4.78 is 5.38. The summed E-state index contributed by atoms with van der Waals surface area (Å²) in [5, 5.41) is 14.2. The van der Waals surface area contributed by atoms with Crippen molar-refractivity contribution in [1.29, 1.82) is 0 Å². The molecule has 0 saturated carbocycles. The second kappa shape index (κ2) is 7.16. The molecule has 0 bridgehead atoms. The number of aromatic amines is 1. The van der Waals surface area contributed by atoms with Gasteiger partial charge in [0.25, 0.3) is 5.69 Å². The van der Waals surface area contributed by atoms with Crippen molar-refractivity contribution in [3.63, 3.8) is 0 Å². The highest BCUT2D eigenvalue weighted by atomic mass is 32.1. The number of nitrogen functional groups attached to an aromatic ring is 1. The fourth-order valence-electron chi connectivity index (χ4n) is 3.12. The van der Waals surface area contributed by atoms with Crippen LogP contribution in [0, 0.1) is 14.9 Å². The second-order valence-corrected chi connectivity index (χ2v) is 6.27. The molecule has 1 aliphatic heterocycles. The number of allylic oxidation sites excluding steroid dienone is 1. The van der Waals surface area contributed by atoms with Gasteiger partial charge >= 0.3 is 5.97 Å². The number of benzene rings is 1. The minimum absolute atomic E-state index is 0.0937. The lowest BCUT2D eigenvalue weighted by Gasteiger charge is -2.30. The summed E-state index contributed by atoms with van der Waals surface area (Å²) in [5.41, 5.74) is 7.88. The van der Waals surface area contributed by atoms with E-state index in [9.17, 15) is 14.9 Å². The molecule has 4 N–H and O–H groups in total. The number of hydrogen-bond donors (Lipinski definition) is 3. The minimum atomic E-state index is -0.695. The smallest absolute Gasteiger partial charge is 0.336 e. The van der Waals surface area contributed by atoms with Gasteiger partial charge in [0.1, 0.15) is 11.6 Å². The zero-order valence-corrected chi connectivity index (χ0v) is 15.4. The van der Waals surface area contributed by atoms with Gasteiger partial charge in [0, 0.05) is 23.4 Å². The molecule has 1 atom stereocenters. The van der Waals surface area contributed by atoms with Crippen LogP contribution in [-0.2, 0) is 9.53 Å². The van der Waals surface area contributed by atoms with Crippen molar-refractivity contribution in [1.82, 2.24) is 9.97 Å². The molecule has 1 unspecified atom stereocenters. The van der Waals surface area contributed by atoms with E-state index in [2.05, 4.69) is 15.3 Å². The number of nitro groups is 1. The molecule has 0 fully saturated rings. The normalized spacial score (nSPS) is 15.7. The number of hydrogen-bond acceptors (Lipinski definition) is 8. The van der Waals surface area contributed by atoms with Gasteiger partial charge in [-0.15, -0.1) is 0 Å². The predicted molar refractivity (Wildman–Crippen MR) is 102 cm³/mol. The summed E-state index contributed by atoms with van der Waals surface area (Å²) in [5.74, 6) is -0.604. The molecule has 27 heavy (non-hydrogen) atoms. The Morgan fingerprint density at radius 3 is 2.89 bits per heavy atom. The SMILES string of the molecule is CCOC(=O)C1=C(C)Nc2nc(=S)[nH]c(N)c2C1c1cccc([N+](=O)[O-])c1. The number of esters is 1. The van der Waals surface area contributed by atoms with Crippen molar-refractivity contribution in [2.75, 3.05) is 17.7 Å². The van der Waals surface area contributed by atoms with E-state index in [-0.39, 0.29) is 22.9 Å². The quantitative estimate of drug-likeness (QED) is 0.315. The Bertz CT molecular complexity index is 1030. The Balaban J connectivity index is 2.28. The summed E-state index contributed by atoms with van der Waals surface area (Å²) in [6, 6.07) is 6.04. The number of aromatic nitrogens is 2. The van der Waals surface area contributed by atoms with Gasteiger partial charge in [-0.1, -0.05) is 12.1 Å². The Labute approximate surface area is 159 Å². The van der Waals surface area contributed by atoms with E-state index in [0.29, 0.717) is 28.2 Å². The third-order valence-corrected chi connectivity index (χ3v) is 4.39. The van der Waals surface area contributed by atoms with Gasteiger partial charge in [-0.2, -0.15) is 0 Å². The first-order chi connectivity index (χ1) is 12.8. The first-order valence-corrected chi connectivity index (χ1v) is 8.53. The highest BCUT2D eigenvalue weighted by molar-refractivity contribution is 7.71. The maximum Gasteiger partial charge on any atom is 0.336 e. The number of rotatable bonds is 4. The van der Waals surface area contributed by atoms with Crippen LogP contribution in [0.1, 0.15) is 30.9 Å². The van der Waals surface area contributed by atoms with Crippen LogP contribution in [0.25, 0.3) is 0 Å². The van der Waals surface area contributed by atoms with E-state index < -0.39 is 16.8 Å². The van der Waals surface area contributed by atoms with Crippen molar-refractivity contribution in [3.8, 4) is 0 Å². The van der Waals surface area contributed by atoms with Crippen LogP contribution in [-0.4, -0.2) is 27.5 Å². The van der Waals surface area contributed by atoms with E-state index in [4.69, 9.17) is 22.7 Å². The zero-order valence-electron chi connectivity index (χ0n) is 14.6. The van der Waals surface area contributed by atoms with Crippen LogP contribution in [0.4, 0.5) is 17.3 Å². The molecule has 140 valence electrons. The van der Waals surface area contributed by atoms with E-state index in [1.807, 2.05) is 0 Å². The standard InChI is InChI=1S/C17H17N5O4S/c1-3-26-16(23)11-8(2)19-15-13(14(18)20-17(27)21-15)12(11)9-5-4-6-10(7-9)22(24)25/h4-7,12H,3H2,1-2H3,(H4,18,19,20,21,27). The number of nitrogens with zero attached hydrogens (tertiary/aromatic N) is 2. The largest absolute Gasteiger partial charge is 0.463 e. The van der Waals surface area contributed by atoms with Gasteiger partial charge in [0.2, 0.25) is 0 Å². The lowest BCUT2D eigenvalue weighted by molar-refractivity contribution is -0.384. The topological polar surface area (TPSA) is 136 Å². The number of carbonyl (C=O) groups excluding carboxylic acids is 1. The van der Waals surface area contributed by atoms with Gasteiger partial charge in [-0.25, -0.2) is 9.78 Å². The maximum atomic E-state index is 12.7. The first kappa shape index (κ1) is 18.5. The lowest BCUT2D eigenvalue weighted by atomic mass is 9.82. The number of fused-ring (bicyclic) bond motifs is 1. The van der Waals surface area contributed by atoms with Crippen LogP contribution in [0.5, 0.6) is 0 Å². The van der Waals surface area contributed by atoms with Crippen LogP contribution in [0.3, 0.4) is 0 Å². The van der Waals surface area contributed by atoms with Crippen LogP contribution >= 0.6 is 12.2 Å². The third kappa shape index (κ3) is 3.38. The predicted octanol–water partition coefficient (Wildman–Crippen LogP) is 3.02. The monoisotopic (exact) mass is 387 g/mol. The summed E-state index contributed by atoms with van der Waals surface area (Å²) in [4.78, 5) is 30.4. The van der Waals surface area contributed by atoms with Gasteiger partial charge in [0.15, 0.2) is 4.77 Å². The Morgan fingerprint density at radius 1 is 1.48 bits per heavy atom. The molecule has 3 rings (SSSR count). The zero-order chi connectivity index (χ0) is 19.7. The number of non-ortho nitro benzene ring substituents is 1. The number of nitro benzene ring substituents is 1. The second-order valence-electron chi connectivity index (χ2n) is 5.89. The number of anilines is 2. The van der Waals surface area contributed by atoms with Crippen LogP contribution < -0.4 is 11.1 Å². The number of ether oxygens (including phenoxy) is 1. The number of H-pyrrole nitrogens is 1. The molecule has 2 aromatic rings. The molecular weight excluding hydrogens is 370 g/mol. The average Bonchev–Trinajstić information content (AvgIpc) is 2.60. The van der Waals surface area contributed by atoms with Gasteiger partial charge in [-0.05, 0) is 31.6 Å². The van der Waals surface area contributed by atoms with E-state index in [1.165, 1.54) is 12.1 Å². The van der Waals surface area contributed by atoms with Crippen molar-refractivity contribution in [2.45, 2.75) is 19.8 Å². The molecule has 10 heteroatoms. The highest BCUT2D eigenvalue weighted by Gasteiger charge is 2.36. The molecule has 1 aliphatic rings. The number of carbonyl (C=O) groups is 1. The Kier molecular flexibility index (Phi) is 4.91. The fourth-order valence-corrected chi connectivity index (χ4v) is 3.33. The fraction of sp³-hybridized carbons (Fsp3) is 0.235. The summed E-state index contributed by atoms with van der Waals surface area (Å²) >= 11 is 5.07. The van der Waals surface area contributed by atoms with Gasteiger partial charge < -0.3 is 20.8 Å². The number of nitrogens with one attached hydrogen (secondary N) is 2. The molecular formula is C17H17N5O4S. The molecule has 0 saturated heterocycles. The van der Waals surface area contributed by atoms with E-state index in [1.54, 1.807) is 26.0 Å². The number of nitrogens with two attached hydrogens (primary N) is 1. The van der Waals surface area contributed by atoms with Crippen molar-refractivity contribution >= 4 is 35.5 Å². The average molecular weight is 387 g/mol. The van der Waals surface area contributed by atoms with Crippen LogP contribution in [0.15, 0.2) is 35.5 Å². The molecule has 9 nitrogen and oxygen atoms in total. The maximum absolute atomic E-state index is 12.7. The van der Waals surface area contributed by atoms with E-state index >= 15 is 0 Å².